The van der Waals surface area contributed by atoms with Crippen molar-refractivity contribution in [1.82, 2.24) is 0 Å². The van der Waals surface area contributed by atoms with Crippen LogP contribution in [0.4, 0.5) is 33.3 Å². The van der Waals surface area contributed by atoms with Gasteiger partial charge < -0.3 is 25.3 Å². The lowest BCUT2D eigenvalue weighted by Crippen LogP contribution is -2.30. The highest BCUT2D eigenvalue weighted by atomic mass is 32.2. The molecule has 1 aliphatic rings. The zero-order valence-electron chi connectivity index (χ0n) is 19.4. The number of amides is 1. The molecule has 0 saturated heterocycles. The SMILES string of the molecule is CCOc1ccccc1N=C1S[C@H](C(=O)Nc2c(F)c(F)c(F)c(F)c2F)C(N)=C1C(=O)OCCOC. The predicted molar refractivity (Wildman–Crippen MR) is 125 cm³/mol. The van der Waals surface area contributed by atoms with E-state index >= 15 is 0 Å². The maximum atomic E-state index is 14.1. The quantitative estimate of drug-likeness (QED) is 0.161. The fourth-order valence-electron chi connectivity index (χ4n) is 3.10. The number of nitrogens with zero attached hydrogens (tertiary/aromatic N) is 1. The Balaban J connectivity index is 2.01. The number of methoxy groups -OCH3 is 1. The number of rotatable bonds is 9. The smallest absolute Gasteiger partial charge is 0.342 e. The van der Waals surface area contributed by atoms with Crippen LogP contribution in [0.15, 0.2) is 40.5 Å². The van der Waals surface area contributed by atoms with E-state index in [-0.39, 0.29) is 29.5 Å². The van der Waals surface area contributed by atoms with Crippen molar-refractivity contribution in [2.24, 2.45) is 10.7 Å². The Morgan fingerprint density at radius 1 is 1.03 bits per heavy atom. The minimum absolute atomic E-state index is 0.0515. The molecule has 1 atom stereocenters. The largest absolute Gasteiger partial charge is 0.492 e. The highest BCUT2D eigenvalue weighted by molar-refractivity contribution is 8.16. The summed E-state index contributed by atoms with van der Waals surface area (Å²) in [4.78, 5) is 30.0. The van der Waals surface area contributed by atoms with E-state index in [4.69, 9.17) is 19.9 Å². The van der Waals surface area contributed by atoms with Gasteiger partial charge in [0.1, 0.15) is 39.6 Å². The first-order valence-corrected chi connectivity index (χ1v) is 11.5. The van der Waals surface area contributed by atoms with E-state index in [1.54, 1.807) is 36.5 Å². The van der Waals surface area contributed by atoms with Gasteiger partial charge in [-0.15, -0.1) is 0 Å². The van der Waals surface area contributed by atoms with Crippen LogP contribution in [0.1, 0.15) is 6.92 Å². The van der Waals surface area contributed by atoms with Crippen molar-refractivity contribution in [3.63, 3.8) is 0 Å². The molecular weight excluding hydrogens is 525 g/mol. The van der Waals surface area contributed by atoms with Crippen molar-refractivity contribution in [2.75, 3.05) is 32.2 Å². The summed E-state index contributed by atoms with van der Waals surface area (Å²) in [6.45, 7) is 1.92. The average molecular weight is 545 g/mol. The normalized spacial score (nSPS) is 16.3. The van der Waals surface area contributed by atoms with Crippen LogP contribution in [0, 0.1) is 29.1 Å². The molecule has 1 amide bonds. The van der Waals surface area contributed by atoms with Crippen LogP contribution in [0.25, 0.3) is 0 Å². The van der Waals surface area contributed by atoms with Gasteiger partial charge in [-0.05, 0) is 19.1 Å². The number of benzene rings is 2. The number of carbonyl (C=O) groups is 2. The summed E-state index contributed by atoms with van der Waals surface area (Å²) >= 11 is 0.611. The fraction of sp³-hybridized carbons (Fsp3) is 0.261. The Morgan fingerprint density at radius 3 is 2.27 bits per heavy atom. The van der Waals surface area contributed by atoms with Crippen molar-refractivity contribution in [3.8, 4) is 5.75 Å². The number of halogens is 5. The van der Waals surface area contributed by atoms with Gasteiger partial charge in [-0.25, -0.2) is 31.7 Å². The molecule has 1 aliphatic heterocycles. The number of hydrogen-bond donors (Lipinski definition) is 2. The van der Waals surface area contributed by atoms with E-state index in [0.717, 1.165) is 0 Å². The number of thioether (sulfide) groups is 1. The number of nitrogens with two attached hydrogens (primary N) is 1. The maximum absolute atomic E-state index is 14.1. The lowest BCUT2D eigenvalue weighted by molar-refractivity contribution is -0.139. The summed E-state index contributed by atoms with van der Waals surface area (Å²) in [5.41, 5.74) is 4.03. The summed E-state index contributed by atoms with van der Waals surface area (Å²) in [5, 5.41) is 0.0426. The molecule has 0 bridgehead atoms. The molecule has 14 heteroatoms. The number of aliphatic imine (C=N–C) groups is 1. The molecule has 1 heterocycles. The lowest BCUT2D eigenvalue weighted by Gasteiger charge is -2.13. The summed E-state index contributed by atoms with van der Waals surface area (Å²) in [6.07, 6.45) is 0. The van der Waals surface area contributed by atoms with Gasteiger partial charge in [0.25, 0.3) is 0 Å². The third kappa shape index (κ3) is 5.85. The molecule has 2 aromatic carbocycles. The van der Waals surface area contributed by atoms with E-state index in [1.165, 1.54) is 7.11 Å². The van der Waals surface area contributed by atoms with Gasteiger partial charge in [0.2, 0.25) is 11.7 Å². The van der Waals surface area contributed by atoms with Gasteiger partial charge in [-0.1, -0.05) is 23.9 Å². The second-order valence-corrected chi connectivity index (χ2v) is 8.30. The zero-order valence-corrected chi connectivity index (χ0v) is 20.2. The minimum atomic E-state index is -2.38. The fourth-order valence-corrected chi connectivity index (χ4v) is 4.20. The van der Waals surface area contributed by atoms with Gasteiger partial charge >= 0.3 is 5.97 Å². The van der Waals surface area contributed by atoms with Crippen LogP contribution in [0.3, 0.4) is 0 Å². The minimum Gasteiger partial charge on any atom is -0.492 e. The standard InChI is InChI=1S/C23H20F5N3O5S/c1-3-35-11-7-5-4-6-10(11)30-22-12(23(33)36-9-8-34-2)18(29)20(37-22)21(32)31-19-16(27)14(25)13(24)15(26)17(19)28/h4-7,20H,3,8-9,29H2,1-2H3,(H,31,32)/t20-/m0/s1. The summed E-state index contributed by atoms with van der Waals surface area (Å²) in [5.74, 6) is -13.2. The molecule has 0 saturated carbocycles. The van der Waals surface area contributed by atoms with Crippen molar-refractivity contribution >= 4 is 40.1 Å². The first kappa shape index (κ1) is 27.9. The first-order chi connectivity index (χ1) is 17.6. The monoisotopic (exact) mass is 545 g/mol. The molecule has 0 radical (unpaired) electrons. The van der Waals surface area contributed by atoms with Crippen molar-refractivity contribution in [1.29, 1.82) is 0 Å². The third-order valence-corrected chi connectivity index (χ3v) is 6.04. The van der Waals surface area contributed by atoms with E-state index in [1.807, 2.05) is 0 Å². The number of carbonyl (C=O) groups excluding carboxylic acids is 2. The number of nitrogens with one attached hydrogen (secondary N) is 1. The Bertz CT molecular complexity index is 1260. The second kappa shape index (κ2) is 12.1. The van der Waals surface area contributed by atoms with Crippen molar-refractivity contribution in [2.45, 2.75) is 12.2 Å². The van der Waals surface area contributed by atoms with Gasteiger partial charge in [-0.3, -0.25) is 4.79 Å². The van der Waals surface area contributed by atoms with Gasteiger partial charge in [0.05, 0.1) is 13.2 Å². The molecule has 8 nitrogen and oxygen atoms in total. The van der Waals surface area contributed by atoms with E-state index in [9.17, 15) is 31.5 Å². The number of anilines is 1. The Morgan fingerprint density at radius 2 is 1.65 bits per heavy atom. The molecule has 198 valence electrons. The first-order valence-electron chi connectivity index (χ1n) is 10.6. The number of hydrogen-bond acceptors (Lipinski definition) is 8. The van der Waals surface area contributed by atoms with Gasteiger partial charge in [-0.2, -0.15) is 0 Å². The van der Waals surface area contributed by atoms with E-state index in [0.29, 0.717) is 24.1 Å². The molecule has 0 aliphatic carbocycles. The van der Waals surface area contributed by atoms with Crippen LogP contribution < -0.4 is 15.8 Å². The predicted octanol–water partition coefficient (Wildman–Crippen LogP) is 3.97. The Hall–Kier alpha value is -3.65. The molecule has 0 spiro atoms. The molecule has 37 heavy (non-hydrogen) atoms. The van der Waals surface area contributed by atoms with Crippen LogP contribution in [0.2, 0.25) is 0 Å². The molecule has 0 aromatic heterocycles. The lowest BCUT2D eigenvalue weighted by atomic mass is 10.1. The van der Waals surface area contributed by atoms with Crippen LogP contribution in [-0.2, 0) is 19.1 Å². The topological polar surface area (TPSA) is 112 Å². The van der Waals surface area contributed by atoms with Crippen molar-refractivity contribution in [3.05, 3.63) is 64.6 Å². The highest BCUT2D eigenvalue weighted by Crippen LogP contribution is 2.38. The van der Waals surface area contributed by atoms with Crippen molar-refractivity contribution < 1.29 is 45.8 Å². The molecule has 3 N–H and O–H groups in total. The van der Waals surface area contributed by atoms with E-state index in [2.05, 4.69) is 4.99 Å². The van der Waals surface area contributed by atoms with Gasteiger partial charge in [0.15, 0.2) is 23.3 Å². The highest BCUT2D eigenvalue weighted by Gasteiger charge is 2.40. The second-order valence-electron chi connectivity index (χ2n) is 7.21. The molecule has 3 rings (SSSR count). The molecular formula is C23H20F5N3O5S. The number of ether oxygens (including phenoxy) is 3. The molecule has 2 aromatic rings. The average Bonchev–Trinajstić information content (AvgIpc) is 3.21. The zero-order chi connectivity index (χ0) is 27.3. The maximum Gasteiger partial charge on any atom is 0.342 e. The van der Waals surface area contributed by atoms with Crippen LogP contribution in [0.5, 0.6) is 5.75 Å². The Kier molecular flexibility index (Phi) is 9.10. The van der Waals surface area contributed by atoms with E-state index < -0.39 is 57.6 Å². The number of para-hydroxylation sites is 2. The molecule has 0 fully saturated rings. The third-order valence-electron chi connectivity index (χ3n) is 4.82. The van der Waals surface area contributed by atoms with Gasteiger partial charge in [0, 0.05) is 12.8 Å². The molecule has 0 unspecified atom stereocenters. The summed E-state index contributed by atoms with van der Waals surface area (Å²) < 4.78 is 84.1. The number of esters is 1. The summed E-state index contributed by atoms with van der Waals surface area (Å²) in [7, 11) is 1.38. The van der Waals surface area contributed by atoms with Crippen LogP contribution in [-0.4, -0.2) is 49.1 Å². The summed E-state index contributed by atoms with van der Waals surface area (Å²) in [6, 6.07) is 6.49. The Labute approximate surface area is 211 Å². The van der Waals surface area contributed by atoms with Crippen LogP contribution >= 0.6 is 11.8 Å².